The molecule has 0 aliphatic rings. The summed E-state index contributed by atoms with van der Waals surface area (Å²) in [6.07, 6.45) is 2.49. The third kappa shape index (κ3) is 1.81. The van der Waals surface area contributed by atoms with Crippen molar-refractivity contribution in [3.63, 3.8) is 0 Å². The van der Waals surface area contributed by atoms with E-state index in [0.717, 1.165) is 23.7 Å². The van der Waals surface area contributed by atoms with Crippen LogP contribution in [0.4, 0.5) is 0 Å². The van der Waals surface area contributed by atoms with Crippen LogP contribution in [0.1, 0.15) is 12.6 Å². The van der Waals surface area contributed by atoms with Crippen molar-refractivity contribution >= 4 is 0 Å². The van der Waals surface area contributed by atoms with Gasteiger partial charge in [0.1, 0.15) is 5.82 Å². The van der Waals surface area contributed by atoms with Gasteiger partial charge in [0, 0.05) is 13.2 Å². The van der Waals surface area contributed by atoms with E-state index in [9.17, 15) is 9.90 Å². The van der Waals surface area contributed by atoms with Gasteiger partial charge in [0.25, 0.3) is 5.56 Å². The average Bonchev–Trinajstić information content (AvgIpc) is 2.58. The molecule has 0 aliphatic carbocycles. The van der Waals surface area contributed by atoms with Crippen molar-refractivity contribution < 1.29 is 5.11 Å². The number of hydrogen-bond acceptors (Lipinski definition) is 4. The Kier molecular flexibility index (Phi) is 2.47. The smallest absolute Gasteiger partial charge is 0.254 e. The van der Waals surface area contributed by atoms with E-state index in [4.69, 9.17) is 0 Å². The zero-order valence-electron chi connectivity index (χ0n) is 9.06. The number of nitrogens with one attached hydrogen (secondary N) is 1. The molecule has 0 saturated carbocycles. The van der Waals surface area contributed by atoms with Crippen LogP contribution >= 0.6 is 0 Å². The summed E-state index contributed by atoms with van der Waals surface area (Å²) in [6.45, 7) is 1.97. The molecule has 0 bridgehead atoms. The zero-order valence-corrected chi connectivity index (χ0v) is 9.06. The summed E-state index contributed by atoms with van der Waals surface area (Å²) >= 11 is 0. The van der Waals surface area contributed by atoms with Gasteiger partial charge in [-0.15, -0.1) is 0 Å². The topological polar surface area (TPSA) is 83.8 Å². The third-order valence-corrected chi connectivity index (χ3v) is 2.22. The van der Waals surface area contributed by atoms with E-state index in [1.165, 1.54) is 0 Å². The number of aromatic hydroxyl groups is 1. The lowest BCUT2D eigenvalue weighted by atomic mass is 10.2. The second kappa shape index (κ2) is 3.80. The molecule has 0 radical (unpaired) electrons. The highest BCUT2D eigenvalue weighted by molar-refractivity contribution is 5.57. The highest BCUT2D eigenvalue weighted by atomic mass is 16.3. The van der Waals surface area contributed by atoms with Crippen molar-refractivity contribution in [1.82, 2.24) is 19.7 Å². The molecule has 2 heterocycles. The van der Waals surface area contributed by atoms with Gasteiger partial charge in [-0.2, -0.15) is 10.1 Å². The van der Waals surface area contributed by atoms with Gasteiger partial charge in [-0.1, -0.05) is 6.92 Å². The van der Waals surface area contributed by atoms with Crippen LogP contribution in [0.3, 0.4) is 0 Å². The van der Waals surface area contributed by atoms with Gasteiger partial charge in [0.15, 0.2) is 0 Å². The van der Waals surface area contributed by atoms with Gasteiger partial charge in [-0.3, -0.25) is 9.48 Å². The molecule has 2 aromatic heterocycles. The monoisotopic (exact) mass is 220 g/mol. The Morgan fingerprint density at radius 1 is 1.56 bits per heavy atom. The first kappa shape index (κ1) is 10.4. The largest absolute Gasteiger partial charge is 0.493 e. The molecule has 84 valence electrons. The summed E-state index contributed by atoms with van der Waals surface area (Å²) in [7, 11) is 1.80. The first-order chi connectivity index (χ1) is 7.60. The van der Waals surface area contributed by atoms with E-state index in [1.54, 1.807) is 17.9 Å². The Hall–Kier alpha value is -2.11. The lowest BCUT2D eigenvalue weighted by Crippen LogP contribution is -2.07. The molecule has 2 rings (SSSR count). The van der Waals surface area contributed by atoms with Crippen LogP contribution in [0.2, 0.25) is 0 Å². The molecule has 0 fully saturated rings. The Morgan fingerprint density at radius 2 is 2.31 bits per heavy atom. The SMILES string of the molecule is CCc1nn(C)cc1-c1nc(O)cc(=O)[nH]1. The van der Waals surface area contributed by atoms with E-state index >= 15 is 0 Å². The highest BCUT2D eigenvalue weighted by Gasteiger charge is 2.11. The molecule has 2 aromatic rings. The maximum atomic E-state index is 11.2. The van der Waals surface area contributed by atoms with Crippen LogP contribution in [0.5, 0.6) is 5.88 Å². The Labute approximate surface area is 91.6 Å². The van der Waals surface area contributed by atoms with E-state index in [-0.39, 0.29) is 11.4 Å². The standard InChI is InChI=1S/C10H12N4O2/c1-3-7-6(5-14(2)13-7)10-11-8(15)4-9(16)12-10/h4-5H,3H2,1-2H3,(H2,11,12,15,16). The Balaban J connectivity index is 2.61. The van der Waals surface area contributed by atoms with Crippen molar-refractivity contribution in [1.29, 1.82) is 0 Å². The van der Waals surface area contributed by atoms with Gasteiger partial charge >= 0.3 is 0 Å². The number of nitrogens with zero attached hydrogens (tertiary/aromatic N) is 3. The molecule has 2 N–H and O–H groups in total. The minimum atomic E-state index is -0.381. The lowest BCUT2D eigenvalue weighted by molar-refractivity contribution is 0.452. The number of aryl methyl sites for hydroxylation is 2. The van der Waals surface area contributed by atoms with Crippen molar-refractivity contribution in [3.05, 3.63) is 28.3 Å². The number of hydrogen-bond donors (Lipinski definition) is 2. The molecule has 0 aromatic carbocycles. The van der Waals surface area contributed by atoms with Crippen molar-refractivity contribution in [2.75, 3.05) is 0 Å². The normalized spacial score (nSPS) is 10.6. The van der Waals surface area contributed by atoms with Gasteiger partial charge in [0.2, 0.25) is 5.88 Å². The quantitative estimate of drug-likeness (QED) is 0.769. The Morgan fingerprint density at radius 3 is 2.94 bits per heavy atom. The second-order valence-electron chi connectivity index (χ2n) is 3.47. The summed E-state index contributed by atoms with van der Waals surface area (Å²) in [4.78, 5) is 17.7. The Bertz CT molecular complexity index is 570. The molecule has 0 aliphatic heterocycles. The van der Waals surface area contributed by atoms with Crippen LogP contribution in [-0.2, 0) is 13.5 Å². The molecule has 16 heavy (non-hydrogen) atoms. The average molecular weight is 220 g/mol. The molecule has 0 amide bonds. The number of aromatic amines is 1. The summed E-state index contributed by atoms with van der Waals surface area (Å²) in [6, 6.07) is 1.03. The molecular formula is C10H12N4O2. The van der Waals surface area contributed by atoms with Gasteiger partial charge in [0.05, 0.1) is 17.3 Å². The molecule has 6 heteroatoms. The van der Waals surface area contributed by atoms with Crippen LogP contribution in [0.25, 0.3) is 11.4 Å². The highest BCUT2D eigenvalue weighted by Crippen LogP contribution is 2.19. The summed E-state index contributed by atoms with van der Waals surface area (Å²) < 4.78 is 1.65. The van der Waals surface area contributed by atoms with E-state index < -0.39 is 0 Å². The van der Waals surface area contributed by atoms with E-state index in [0.29, 0.717) is 5.82 Å². The molecule has 0 unspecified atom stereocenters. The van der Waals surface area contributed by atoms with Crippen LogP contribution in [0.15, 0.2) is 17.1 Å². The molecule has 0 atom stereocenters. The fourth-order valence-electron chi connectivity index (χ4n) is 1.57. The number of aromatic nitrogens is 4. The minimum absolute atomic E-state index is 0.287. The van der Waals surface area contributed by atoms with Gasteiger partial charge in [-0.25, -0.2) is 0 Å². The predicted octanol–water partition coefficient (Wildman–Crippen LogP) is 0.438. The molecule has 6 nitrogen and oxygen atoms in total. The second-order valence-corrected chi connectivity index (χ2v) is 3.47. The summed E-state index contributed by atoms with van der Waals surface area (Å²) in [5, 5.41) is 13.5. The molecular weight excluding hydrogens is 208 g/mol. The van der Waals surface area contributed by atoms with Crippen LogP contribution < -0.4 is 5.56 Å². The minimum Gasteiger partial charge on any atom is -0.493 e. The maximum absolute atomic E-state index is 11.2. The van der Waals surface area contributed by atoms with Crippen LogP contribution in [0, 0.1) is 0 Å². The fourth-order valence-corrected chi connectivity index (χ4v) is 1.57. The number of rotatable bonds is 2. The molecule has 0 spiro atoms. The van der Waals surface area contributed by atoms with Gasteiger partial charge < -0.3 is 10.1 Å². The van der Waals surface area contributed by atoms with Crippen molar-refractivity contribution in [2.24, 2.45) is 7.05 Å². The summed E-state index contributed by atoms with van der Waals surface area (Å²) in [5.41, 5.74) is 1.18. The van der Waals surface area contributed by atoms with Crippen LogP contribution in [-0.4, -0.2) is 24.9 Å². The number of H-pyrrole nitrogens is 1. The van der Waals surface area contributed by atoms with E-state index in [2.05, 4.69) is 15.1 Å². The van der Waals surface area contributed by atoms with Crippen molar-refractivity contribution in [2.45, 2.75) is 13.3 Å². The third-order valence-electron chi connectivity index (χ3n) is 2.22. The van der Waals surface area contributed by atoms with E-state index in [1.807, 2.05) is 6.92 Å². The lowest BCUT2D eigenvalue weighted by Gasteiger charge is -1.99. The van der Waals surface area contributed by atoms with Crippen molar-refractivity contribution in [3.8, 4) is 17.3 Å². The first-order valence-corrected chi connectivity index (χ1v) is 4.93. The zero-order chi connectivity index (χ0) is 11.7. The first-order valence-electron chi connectivity index (χ1n) is 4.93. The maximum Gasteiger partial charge on any atom is 0.254 e. The molecule has 0 saturated heterocycles. The fraction of sp³-hybridized carbons (Fsp3) is 0.300. The summed E-state index contributed by atoms with van der Waals surface area (Å²) in [5.74, 6) is 0.0552. The predicted molar refractivity (Wildman–Crippen MR) is 58.1 cm³/mol. The van der Waals surface area contributed by atoms with Gasteiger partial charge in [-0.05, 0) is 6.42 Å².